The third-order valence-electron chi connectivity index (χ3n) is 2.26. The zero-order valence-corrected chi connectivity index (χ0v) is 12.9. The molecule has 1 rings (SSSR count). The minimum absolute atomic E-state index is 0.208. The monoisotopic (exact) mass is 286 g/mol. The number of thiazole rings is 1. The van der Waals surface area contributed by atoms with Crippen LogP contribution < -0.4 is 5.32 Å². The van der Waals surface area contributed by atoms with Gasteiger partial charge in [0.25, 0.3) is 0 Å². The predicted octanol–water partition coefficient (Wildman–Crippen LogP) is 2.82. The zero-order valence-electron chi connectivity index (χ0n) is 12.1. The van der Waals surface area contributed by atoms with Crippen LogP contribution in [0.1, 0.15) is 57.3 Å². The van der Waals surface area contributed by atoms with Crippen LogP contribution in [0.3, 0.4) is 0 Å². The SMILES string of the molecule is CC(C)c1nc(C(CO)NC(=O)OC(C)(C)C)cs1. The molecular weight excluding hydrogens is 264 g/mol. The lowest BCUT2D eigenvalue weighted by Crippen LogP contribution is -2.36. The van der Waals surface area contributed by atoms with Gasteiger partial charge in [-0.15, -0.1) is 11.3 Å². The molecular formula is C13H22N2O3S. The average Bonchev–Trinajstić information content (AvgIpc) is 2.72. The fraction of sp³-hybridized carbons (Fsp3) is 0.692. The van der Waals surface area contributed by atoms with Gasteiger partial charge in [0.05, 0.1) is 23.4 Å². The Morgan fingerprint density at radius 2 is 2.16 bits per heavy atom. The Kier molecular flexibility index (Phi) is 5.31. The summed E-state index contributed by atoms with van der Waals surface area (Å²) in [5.41, 5.74) is 0.108. The molecule has 19 heavy (non-hydrogen) atoms. The van der Waals surface area contributed by atoms with Gasteiger partial charge in [-0.3, -0.25) is 0 Å². The second-order valence-electron chi connectivity index (χ2n) is 5.65. The Labute approximate surface area is 118 Å². The Balaban J connectivity index is 2.69. The van der Waals surface area contributed by atoms with Crippen molar-refractivity contribution in [3.05, 3.63) is 16.1 Å². The van der Waals surface area contributed by atoms with E-state index in [0.29, 0.717) is 11.6 Å². The number of ether oxygens (including phenoxy) is 1. The molecule has 2 N–H and O–H groups in total. The lowest BCUT2D eigenvalue weighted by Gasteiger charge is -2.22. The van der Waals surface area contributed by atoms with E-state index in [1.807, 2.05) is 5.38 Å². The molecule has 0 radical (unpaired) electrons. The highest BCUT2D eigenvalue weighted by atomic mass is 32.1. The lowest BCUT2D eigenvalue weighted by atomic mass is 10.2. The van der Waals surface area contributed by atoms with Crippen molar-refractivity contribution in [3.63, 3.8) is 0 Å². The fourth-order valence-corrected chi connectivity index (χ4v) is 2.28. The van der Waals surface area contributed by atoms with Crippen molar-refractivity contribution in [2.75, 3.05) is 6.61 Å². The molecule has 0 saturated carbocycles. The summed E-state index contributed by atoms with van der Waals surface area (Å²) in [6.45, 7) is 9.27. The van der Waals surface area contributed by atoms with Crippen molar-refractivity contribution in [2.24, 2.45) is 0 Å². The molecule has 0 spiro atoms. The molecule has 108 valence electrons. The van der Waals surface area contributed by atoms with Gasteiger partial charge in [0, 0.05) is 11.3 Å². The van der Waals surface area contributed by atoms with E-state index in [9.17, 15) is 9.90 Å². The maximum absolute atomic E-state index is 11.7. The van der Waals surface area contributed by atoms with E-state index in [1.54, 1.807) is 20.8 Å². The van der Waals surface area contributed by atoms with E-state index in [-0.39, 0.29) is 6.61 Å². The number of carbonyl (C=O) groups excluding carboxylic acids is 1. The summed E-state index contributed by atoms with van der Waals surface area (Å²) >= 11 is 1.53. The van der Waals surface area contributed by atoms with Crippen LogP contribution in [0.15, 0.2) is 5.38 Å². The summed E-state index contributed by atoms with van der Waals surface area (Å²) in [6.07, 6.45) is -0.550. The number of nitrogens with one attached hydrogen (secondary N) is 1. The van der Waals surface area contributed by atoms with Gasteiger partial charge in [-0.1, -0.05) is 13.8 Å². The number of hydrogen-bond donors (Lipinski definition) is 2. The average molecular weight is 286 g/mol. The van der Waals surface area contributed by atoms with Crippen molar-refractivity contribution >= 4 is 17.4 Å². The number of alkyl carbamates (subject to hydrolysis) is 1. The van der Waals surface area contributed by atoms with Crippen LogP contribution in [0.2, 0.25) is 0 Å². The largest absolute Gasteiger partial charge is 0.444 e. The number of rotatable bonds is 4. The molecule has 5 nitrogen and oxygen atoms in total. The van der Waals surface area contributed by atoms with Crippen molar-refractivity contribution in [3.8, 4) is 0 Å². The highest BCUT2D eigenvalue weighted by molar-refractivity contribution is 7.09. The molecule has 0 bridgehead atoms. The Bertz CT molecular complexity index is 424. The van der Waals surface area contributed by atoms with E-state index in [0.717, 1.165) is 5.01 Å². The number of aliphatic hydroxyl groups is 1. The van der Waals surface area contributed by atoms with Crippen molar-refractivity contribution < 1.29 is 14.6 Å². The molecule has 1 heterocycles. The minimum Gasteiger partial charge on any atom is -0.444 e. The molecule has 0 aliphatic heterocycles. The standard InChI is InChI=1S/C13H22N2O3S/c1-8(2)11-14-10(7-19-11)9(6-16)15-12(17)18-13(3,4)5/h7-9,16H,6H2,1-5H3,(H,15,17). The molecule has 0 saturated heterocycles. The number of aliphatic hydroxyl groups excluding tert-OH is 1. The van der Waals surface area contributed by atoms with Gasteiger partial charge in [-0.05, 0) is 20.8 Å². The Hall–Kier alpha value is -1.14. The molecule has 1 unspecified atom stereocenters. The van der Waals surface area contributed by atoms with Gasteiger partial charge in [-0.2, -0.15) is 0 Å². The van der Waals surface area contributed by atoms with Crippen molar-refractivity contribution in [1.82, 2.24) is 10.3 Å². The molecule has 0 aliphatic rings. The minimum atomic E-state index is -0.560. The summed E-state index contributed by atoms with van der Waals surface area (Å²) < 4.78 is 5.16. The maximum Gasteiger partial charge on any atom is 0.408 e. The third-order valence-corrected chi connectivity index (χ3v) is 3.43. The molecule has 1 amide bonds. The van der Waals surface area contributed by atoms with E-state index in [1.165, 1.54) is 11.3 Å². The van der Waals surface area contributed by atoms with E-state index < -0.39 is 17.7 Å². The summed E-state index contributed by atoms with van der Waals surface area (Å²) in [7, 11) is 0. The first kappa shape index (κ1) is 15.9. The number of hydrogen-bond acceptors (Lipinski definition) is 5. The molecule has 0 aromatic carbocycles. The smallest absolute Gasteiger partial charge is 0.408 e. The summed E-state index contributed by atoms with van der Waals surface area (Å²) in [5, 5.41) is 14.8. The molecule has 1 aromatic heterocycles. The van der Waals surface area contributed by atoms with Crippen LogP contribution in [-0.2, 0) is 4.74 Å². The van der Waals surface area contributed by atoms with Crippen LogP contribution in [0, 0.1) is 0 Å². The Morgan fingerprint density at radius 1 is 1.53 bits per heavy atom. The zero-order chi connectivity index (χ0) is 14.6. The first-order chi connectivity index (χ1) is 8.73. The molecule has 6 heteroatoms. The van der Waals surface area contributed by atoms with E-state index in [2.05, 4.69) is 24.1 Å². The van der Waals surface area contributed by atoms with Gasteiger partial charge in [-0.25, -0.2) is 9.78 Å². The predicted molar refractivity (Wildman–Crippen MR) is 75.4 cm³/mol. The highest BCUT2D eigenvalue weighted by Gasteiger charge is 2.22. The van der Waals surface area contributed by atoms with Crippen LogP contribution in [0.5, 0.6) is 0 Å². The van der Waals surface area contributed by atoms with E-state index in [4.69, 9.17) is 4.74 Å². The first-order valence-electron chi connectivity index (χ1n) is 6.28. The number of carbonyl (C=O) groups is 1. The van der Waals surface area contributed by atoms with Gasteiger partial charge < -0.3 is 15.2 Å². The molecule has 0 fully saturated rings. The molecule has 0 aliphatic carbocycles. The fourth-order valence-electron chi connectivity index (χ4n) is 1.39. The van der Waals surface area contributed by atoms with Crippen molar-refractivity contribution in [1.29, 1.82) is 0 Å². The second kappa shape index (κ2) is 6.34. The quantitative estimate of drug-likeness (QED) is 0.893. The Morgan fingerprint density at radius 3 is 2.58 bits per heavy atom. The van der Waals surface area contributed by atoms with Crippen LogP contribution >= 0.6 is 11.3 Å². The maximum atomic E-state index is 11.7. The van der Waals surface area contributed by atoms with Gasteiger partial charge in [0.1, 0.15) is 5.60 Å². The third kappa shape index (κ3) is 5.16. The van der Waals surface area contributed by atoms with Crippen LogP contribution in [0.4, 0.5) is 4.79 Å². The first-order valence-corrected chi connectivity index (χ1v) is 7.16. The highest BCUT2D eigenvalue weighted by Crippen LogP contribution is 2.23. The van der Waals surface area contributed by atoms with Gasteiger partial charge in [0.2, 0.25) is 0 Å². The molecule has 1 atom stereocenters. The summed E-state index contributed by atoms with van der Waals surface area (Å²) in [5.74, 6) is 0.333. The number of aromatic nitrogens is 1. The second-order valence-corrected chi connectivity index (χ2v) is 6.54. The van der Waals surface area contributed by atoms with Crippen LogP contribution in [-0.4, -0.2) is 28.4 Å². The van der Waals surface area contributed by atoms with Crippen molar-refractivity contribution in [2.45, 2.75) is 52.2 Å². The van der Waals surface area contributed by atoms with Crippen LogP contribution in [0.25, 0.3) is 0 Å². The summed E-state index contributed by atoms with van der Waals surface area (Å²) in [6, 6.07) is -0.529. The topological polar surface area (TPSA) is 71.5 Å². The van der Waals surface area contributed by atoms with Gasteiger partial charge in [0.15, 0.2) is 0 Å². The molecule has 1 aromatic rings. The summed E-state index contributed by atoms with van der Waals surface area (Å²) in [4.78, 5) is 16.1. The number of nitrogens with zero attached hydrogens (tertiary/aromatic N) is 1. The lowest BCUT2D eigenvalue weighted by molar-refractivity contribution is 0.0480. The van der Waals surface area contributed by atoms with E-state index >= 15 is 0 Å². The number of amides is 1. The normalized spacial score (nSPS) is 13.4. The van der Waals surface area contributed by atoms with Gasteiger partial charge >= 0.3 is 6.09 Å².